The summed E-state index contributed by atoms with van der Waals surface area (Å²) in [6.45, 7) is 6.48. The van der Waals surface area contributed by atoms with Crippen molar-refractivity contribution in [3.05, 3.63) is 29.6 Å². The van der Waals surface area contributed by atoms with Crippen molar-refractivity contribution >= 4 is 11.9 Å². The normalized spacial score (nSPS) is 15.8. The number of ether oxygens (including phenoxy) is 1. The van der Waals surface area contributed by atoms with E-state index in [1.807, 2.05) is 26.8 Å². The van der Waals surface area contributed by atoms with Crippen LogP contribution in [0, 0.1) is 17.2 Å². The topological polar surface area (TPSA) is 83.3 Å². The molecule has 1 aromatic rings. The standard InChI is InChI=1S/C17H21N3O3/c1-17(2,3)23-16(22)20-6-4-13(5-7-20)15(21)14-8-12(9-18)10-19-11-14/h8,10-11,13H,4-7H2,1-3H3. The second kappa shape index (κ2) is 6.78. The maximum atomic E-state index is 12.5. The van der Waals surface area contributed by atoms with Gasteiger partial charge in [0.25, 0.3) is 0 Å². The number of pyridine rings is 1. The van der Waals surface area contributed by atoms with Crippen LogP contribution in [-0.2, 0) is 4.74 Å². The number of Topliss-reactive ketones (excluding diaryl/α,β-unsaturated/α-hetero) is 1. The van der Waals surface area contributed by atoms with Gasteiger partial charge in [0.2, 0.25) is 0 Å². The molecular formula is C17H21N3O3. The Hall–Kier alpha value is -2.42. The Labute approximate surface area is 136 Å². The predicted octanol–water partition coefficient (Wildman–Crippen LogP) is 2.78. The minimum atomic E-state index is -0.521. The monoisotopic (exact) mass is 315 g/mol. The van der Waals surface area contributed by atoms with E-state index < -0.39 is 5.60 Å². The molecule has 0 bridgehead atoms. The number of hydrogen-bond donors (Lipinski definition) is 0. The fourth-order valence-corrected chi connectivity index (χ4v) is 2.52. The Morgan fingerprint density at radius 3 is 2.52 bits per heavy atom. The summed E-state index contributed by atoms with van der Waals surface area (Å²) in [6, 6.07) is 3.55. The number of piperidine rings is 1. The summed E-state index contributed by atoms with van der Waals surface area (Å²) in [5, 5.41) is 8.88. The molecule has 2 heterocycles. The average Bonchev–Trinajstić information content (AvgIpc) is 2.53. The highest BCUT2D eigenvalue weighted by Gasteiger charge is 2.30. The lowest BCUT2D eigenvalue weighted by Gasteiger charge is -2.32. The number of likely N-dealkylation sites (tertiary alicyclic amines) is 1. The molecule has 6 nitrogen and oxygen atoms in total. The van der Waals surface area contributed by atoms with Crippen molar-refractivity contribution in [2.24, 2.45) is 5.92 Å². The van der Waals surface area contributed by atoms with Crippen LogP contribution in [0.3, 0.4) is 0 Å². The van der Waals surface area contributed by atoms with Crippen molar-refractivity contribution in [3.63, 3.8) is 0 Å². The minimum absolute atomic E-state index is 0.0153. The maximum Gasteiger partial charge on any atom is 0.410 e. The zero-order valence-electron chi connectivity index (χ0n) is 13.7. The van der Waals surface area contributed by atoms with Crippen molar-refractivity contribution in [1.29, 1.82) is 5.26 Å². The van der Waals surface area contributed by atoms with Crippen LogP contribution < -0.4 is 0 Å². The van der Waals surface area contributed by atoms with Gasteiger partial charge in [-0.2, -0.15) is 5.26 Å². The quantitative estimate of drug-likeness (QED) is 0.784. The summed E-state index contributed by atoms with van der Waals surface area (Å²) in [6.07, 6.45) is 3.77. The molecule has 1 fully saturated rings. The molecule has 0 radical (unpaired) electrons. The fourth-order valence-electron chi connectivity index (χ4n) is 2.52. The number of nitrogens with zero attached hydrogens (tertiary/aromatic N) is 3. The largest absolute Gasteiger partial charge is 0.444 e. The number of hydrogen-bond acceptors (Lipinski definition) is 5. The third kappa shape index (κ3) is 4.52. The van der Waals surface area contributed by atoms with Gasteiger partial charge < -0.3 is 9.64 Å². The molecule has 1 amide bonds. The fraction of sp³-hybridized carbons (Fsp3) is 0.529. The second-order valence-electron chi connectivity index (χ2n) is 6.68. The number of nitriles is 1. The van der Waals surface area contributed by atoms with E-state index in [4.69, 9.17) is 10.00 Å². The molecule has 1 aliphatic rings. The third-order valence-electron chi connectivity index (χ3n) is 3.67. The van der Waals surface area contributed by atoms with Gasteiger partial charge in [-0.3, -0.25) is 9.78 Å². The second-order valence-corrected chi connectivity index (χ2v) is 6.68. The number of ketones is 1. The Morgan fingerprint density at radius 2 is 1.96 bits per heavy atom. The van der Waals surface area contributed by atoms with Gasteiger partial charge in [0.15, 0.2) is 5.78 Å². The molecule has 0 atom stereocenters. The van der Waals surface area contributed by atoms with Gasteiger partial charge in [-0.15, -0.1) is 0 Å². The molecular weight excluding hydrogens is 294 g/mol. The van der Waals surface area contributed by atoms with Crippen LogP contribution in [0.5, 0.6) is 0 Å². The average molecular weight is 315 g/mol. The minimum Gasteiger partial charge on any atom is -0.444 e. The van der Waals surface area contributed by atoms with E-state index in [9.17, 15) is 9.59 Å². The summed E-state index contributed by atoms with van der Waals surface area (Å²) in [4.78, 5) is 30.1. The first-order chi connectivity index (χ1) is 10.8. The highest BCUT2D eigenvalue weighted by molar-refractivity contribution is 5.98. The molecule has 23 heavy (non-hydrogen) atoms. The van der Waals surface area contributed by atoms with Crippen LogP contribution in [0.25, 0.3) is 0 Å². The van der Waals surface area contributed by atoms with Gasteiger partial charge in [0, 0.05) is 37.0 Å². The lowest BCUT2D eigenvalue weighted by Crippen LogP contribution is -2.43. The summed E-state index contributed by atoms with van der Waals surface area (Å²) in [7, 11) is 0. The molecule has 6 heteroatoms. The number of amides is 1. The molecule has 0 aromatic carbocycles. The van der Waals surface area contributed by atoms with Gasteiger partial charge in [-0.25, -0.2) is 4.79 Å². The van der Waals surface area contributed by atoms with Gasteiger partial charge >= 0.3 is 6.09 Å². The van der Waals surface area contributed by atoms with Crippen LogP contribution in [-0.4, -0.2) is 40.5 Å². The van der Waals surface area contributed by atoms with E-state index in [1.165, 1.54) is 12.4 Å². The summed E-state index contributed by atoms with van der Waals surface area (Å²) >= 11 is 0. The van der Waals surface area contributed by atoms with Gasteiger partial charge in [0.05, 0.1) is 5.56 Å². The molecule has 1 saturated heterocycles. The van der Waals surface area contributed by atoms with Crippen molar-refractivity contribution in [3.8, 4) is 6.07 Å². The molecule has 122 valence electrons. The molecule has 0 saturated carbocycles. The van der Waals surface area contributed by atoms with Crippen LogP contribution in [0.4, 0.5) is 4.79 Å². The smallest absolute Gasteiger partial charge is 0.410 e. The van der Waals surface area contributed by atoms with Gasteiger partial charge in [-0.05, 0) is 39.7 Å². The Kier molecular flexibility index (Phi) is 4.99. The summed E-state index contributed by atoms with van der Waals surface area (Å²) in [5.41, 5.74) is 0.314. The molecule has 1 aliphatic heterocycles. The van der Waals surface area contributed by atoms with Crippen molar-refractivity contribution in [1.82, 2.24) is 9.88 Å². The van der Waals surface area contributed by atoms with Crippen molar-refractivity contribution in [2.45, 2.75) is 39.2 Å². The first-order valence-electron chi connectivity index (χ1n) is 7.67. The Balaban J connectivity index is 1.95. The first kappa shape index (κ1) is 16.9. The van der Waals surface area contributed by atoms with E-state index in [0.717, 1.165) is 0 Å². The van der Waals surface area contributed by atoms with Crippen LogP contribution >= 0.6 is 0 Å². The first-order valence-corrected chi connectivity index (χ1v) is 7.67. The van der Waals surface area contributed by atoms with Crippen LogP contribution in [0.2, 0.25) is 0 Å². The highest BCUT2D eigenvalue weighted by atomic mass is 16.6. The lowest BCUT2D eigenvalue weighted by atomic mass is 9.89. The van der Waals surface area contributed by atoms with Gasteiger partial charge in [-0.1, -0.05) is 0 Å². The van der Waals surface area contributed by atoms with E-state index in [-0.39, 0.29) is 17.8 Å². The van der Waals surface area contributed by atoms with Crippen LogP contribution in [0.15, 0.2) is 18.5 Å². The SMILES string of the molecule is CC(C)(C)OC(=O)N1CCC(C(=O)c2cncc(C#N)c2)CC1. The number of rotatable bonds is 2. The number of carbonyl (C=O) groups is 2. The van der Waals surface area contributed by atoms with Crippen molar-refractivity contribution in [2.75, 3.05) is 13.1 Å². The number of aromatic nitrogens is 1. The van der Waals surface area contributed by atoms with E-state index in [1.54, 1.807) is 11.0 Å². The highest BCUT2D eigenvalue weighted by Crippen LogP contribution is 2.23. The van der Waals surface area contributed by atoms with E-state index in [2.05, 4.69) is 4.98 Å². The summed E-state index contributed by atoms with van der Waals surface area (Å²) < 4.78 is 5.34. The Bertz CT molecular complexity index is 635. The van der Waals surface area contributed by atoms with Gasteiger partial charge in [0.1, 0.15) is 11.7 Å². The maximum absolute atomic E-state index is 12.5. The van der Waals surface area contributed by atoms with Crippen LogP contribution in [0.1, 0.15) is 49.5 Å². The van der Waals surface area contributed by atoms with E-state index in [0.29, 0.717) is 37.1 Å². The molecule has 1 aromatic heterocycles. The summed E-state index contributed by atoms with van der Waals surface area (Å²) in [5.74, 6) is -0.164. The molecule has 0 aliphatic carbocycles. The predicted molar refractivity (Wildman–Crippen MR) is 83.8 cm³/mol. The molecule has 0 N–H and O–H groups in total. The zero-order chi connectivity index (χ0) is 17.0. The third-order valence-corrected chi connectivity index (χ3v) is 3.67. The zero-order valence-corrected chi connectivity index (χ0v) is 13.7. The Morgan fingerprint density at radius 1 is 1.30 bits per heavy atom. The van der Waals surface area contributed by atoms with E-state index >= 15 is 0 Å². The molecule has 2 rings (SSSR count). The van der Waals surface area contributed by atoms with Crippen molar-refractivity contribution < 1.29 is 14.3 Å². The molecule has 0 unspecified atom stereocenters. The molecule has 0 spiro atoms. The number of carbonyl (C=O) groups excluding carboxylic acids is 2. The lowest BCUT2D eigenvalue weighted by molar-refractivity contribution is 0.0182.